The molecule has 23 heavy (non-hydrogen) atoms. The van der Waals surface area contributed by atoms with E-state index in [0.717, 1.165) is 6.07 Å². The summed E-state index contributed by atoms with van der Waals surface area (Å²) < 4.78 is 67.4. The average Bonchev–Trinajstić information content (AvgIpc) is 2.85. The van der Waals surface area contributed by atoms with E-state index in [1.54, 1.807) is 6.92 Å². The molecule has 0 spiro atoms. The molecule has 0 aliphatic carbocycles. The minimum Gasteiger partial charge on any atom is -0.353 e. The molecular formula is C13H8Cl2F5NOS. The molecule has 0 fully saturated rings. The van der Waals surface area contributed by atoms with Crippen molar-refractivity contribution < 1.29 is 26.5 Å². The summed E-state index contributed by atoms with van der Waals surface area (Å²) in [5, 5.41) is -0.152. The smallest absolute Gasteiger partial charge is 0.353 e. The minimum atomic E-state index is -4.33. The van der Waals surface area contributed by atoms with Crippen LogP contribution in [0.4, 0.5) is 22.0 Å². The molecule has 0 aliphatic rings. The van der Waals surface area contributed by atoms with Gasteiger partial charge in [-0.15, -0.1) is 11.8 Å². The molecule has 0 bridgehead atoms. The number of hydrogen-bond acceptors (Lipinski definition) is 3. The fraction of sp³-hybridized carbons (Fsp3) is 0.308. The fourth-order valence-corrected chi connectivity index (χ4v) is 2.91. The Kier molecular flexibility index (Phi) is 5.18. The van der Waals surface area contributed by atoms with Crippen LogP contribution in [0.3, 0.4) is 0 Å². The lowest BCUT2D eigenvalue weighted by Gasteiger charge is -2.11. The topological polar surface area (TPSA) is 26.0 Å². The molecular weight excluding hydrogens is 384 g/mol. The molecule has 2 nitrogen and oxygen atoms in total. The zero-order valence-corrected chi connectivity index (χ0v) is 13.7. The molecule has 1 heterocycles. The fourth-order valence-electron chi connectivity index (χ4n) is 1.70. The Balaban J connectivity index is 2.37. The summed E-state index contributed by atoms with van der Waals surface area (Å²) in [6, 6.07) is 3.67. The van der Waals surface area contributed by atoms with E-state index in [1.807, 2.05) is 0 Å². The van der Waals surface area contributed by atoms with Crippen molar-refractivity contribution in [2.75, 3.05) is 5.75 Å². The first kappa shape index (κ1) is 18.4. The number of nitrogens with zero attached hydrogens (tertiary/aromatic N) is 1. The van der Waals surface area contributed by atoms with Gasteiger partial charge in [0.15, 0.2) is 0 Å². The molecule has 1 aromatic carbocycles. The summed E-state index contributed by atoms with van der Waals surface area (Å²) in [6.45, 7) is 1.59. The molecule has 0 aliphatic heterocycles. The first-order chi connectivity index (χ1) is 10.5. The second kappa shape index (κ2) is 6.49. The predicted molar refractivity (Wildman–Crippen MR) is 78.2 cm³/mol. The highest BCUT2D eigenvalue weighted by atomic mass is 35.5. The van der Waals surface area contributed by atoms with Gasteiger partial charge in [-0.25, -0.2) is 0 Å². The van der Waals surface area contributed by atoms with Crippen LogP contribution in [-0.2, 0) is 5.38 Å². The maximum absolute atomic E-state index is 12.9. The van der Waals surface area contributed by atoms with Gasteiger partial charge in [-0.1, -0.05) is 16.8 Å². The molecule has 126 valence electrons. The van der Waals surface area contributed by atoms with Crippen LogP contribution in [0.2, 0.25) is 5.02 Å². The van der Waals surface area contributed by atoms with Gasteiger partial charge in [0.1, 0.15) is 5.69 Å². The molecule has 0 atom stereocenters. The van der Waals surface area contributed by atoms with Crippen LogP contribution >= 0.6 is 35.0 Å². The predicted octanol–water partition coefficient (Wildman–Crippen LogP) is 6.25. The van der Waals surface area contributed by atoms with Gasteiger partial charge in [-0.2, -0.15) is 22.0 Å². The number of rotatable bonds is 4. The van der Waals surface area contributed by atoms with Gasteiger partial charge in [0.25, 0.3) is 0 Å². The van der Waals surface area contributed by atoms with E-state index >= 15 is 0 Å². The van der Waals surface area contributed by atoms with E-state index in [-0.39, 0.29) is 16.3 Å². The third kappa shape index (κ3) is 4.74. The molecule has 0 saturated carbocycles. The Labute approximate surface area is 141 Å². The first-order valence-electron chi connectivity index (χ1n) is 6.01. The summed E-state index contributed by atoms with van der Waals surface area (Å²) in [5.74, 6) is -1.96. The van der Waals surface area contributed by atoms with Crippen LogP contribution in [0.15, 0.2) is 27.6 Å². The Bertz CT molecular complexity index is 711. The number of benzene rings is 1. The van der Waals surface area contributed by atoms with Gasteiger partial charge in [0, 0.05) is 16.5 Å². The average molecular weight is 392 g/mol. The lowest BCUT2D eigenvalue weighted by molar-refractivity contribution is -0.105. The highest BCUT2D eigenvalue weighted by Gasteiger charge is 2.34. The Morgan fingerprint density at radius 1 is 1.17 bits per heavy atom. The van der Waals surface area contributed by atoms with Crippen LogP contribution in [0.1, 0.15) is 11.3 Å². The number of aryl methyl sites for hydroxylation is 1. The first-order valence-corrected chi connectivity index (χ1v) is 7.75. The molecule has 1 aromatic heterocycles. The minimum absolute atomic E-state index is 0.0424. The van der Waals surface area contributed by atoms with Crippen molar-refractivity contribution in [3.05, 3.63) is 34.5 Å². The van der Waals surface area contributed by atoms with Crippen LogP contribution < -0.4 is 0 Å². The van der Waals surface area contributed by atoms with Crippen LogP contribution in [-0.4, -0.2) is 17.1 Å². The molecule has 0 radical (unpaired) electrons. The molecule has 0 N–H and O–H groups in total. The van der Waals surface area contributed by atoms with E-state index in [0.29, 0.717) is 22.2 Å². The summed E-state index contributed by atoms with van der Waals surface area (Å²) >= 11 is 11.4. The van der Waals surface area contributed by atoms with Crippen LogP contribution in [0.25, 0.3) is 11.3 Å². The maximum Gasteiger partial charge on any atom is 0.398 e. The Morgan fingerprint density at radius 3 is 2.35 bits per heavy atom. The zero-order chi connectivity index (χ0) is 17.4. The van der Waals surface area contributed by atoms with E-state index < -0.39 is 23.1 Å². The largest absolute Gasteiger partial charge is 0.398 e. The van der Waals surface area contributed by atoms with Gasteiger partial charge in [-0.05, 0) is 36.2 Å². The van der Waals surface area contributed by atoms with Crippen molar-refractivity contribution in [3.8, 4) is 11.3 Å². The number of aromatic nitrogens is 1. The Morgan fingerprint density at radius 2 is 1.83 bits per heavy atom. The third-order valence-electron chi connectivity index (χ3n) is 2.72. The maximum atomic E-state index is 12.9. The molecule has 0 unspecified atom stereocenters. The molecule has 2 rings (SSSR count). The van der Waals surface area contributed by atoms with E-state index in [1.165, 1.54) is 12.1 Å². The summed E-state index contributed by atoms with van der Waals surface area (Å²) in [4.78, 5) is 0.309. The van der Waals surface area contributed by atoms with Crippen molar-refractivity contribution in [1.82, 2.24) is 5.16 Å². The van der Waals surface area contributed by atoms with E-state index in [4.69, 9.17) is 23.2 Å². The van der Waals surface area contributed by atoms with Gasteiger partial charge < -0.3 is 4.52 Å². The number of thioether (sulfide) groups is 1. The summed E-state index contributed by atoms with van der Waals surface area (Å²) in [7, 11) is 0. The van der Waals surface area contributed by atoms with E-state index in [9.17, 15) is 22.0 Å². The molecule has 10 heteroatoms. The number of hydrogen-bond donors (Lipinski definition) is 0. The monoisotopic (exact) mass is 391 g/mol. The van der Waals surface area contributed by atoms with Gasteiger partial charge in [0.05, 0.1) is 10.8 Å². The number of halogens is 7. The van der Waals surface area contributed by atoms with Gasteiger partial charge >= 0.3 is 11.6 Å². The number of alkyl halides is 6. The zero-order valence-electron chi connectivity index (χ0n) is 11.3. The Hall–Kier alpha value is -0.990. The summed E-state index contributed by atoms with van der Waals surface area (Å²) in [5.41, 5.74) is 0.663. The molecule has 0 saturated heterocycles. The second-order valence-corrected chi connectivity index (χ2v) is 6.47. The van der Waals surface area contributed by atoms with E-state index in [2.05, 4.69) is 9.68 Å². The van der Waals surface area contributed by atoms with Crippen molar-refractivity contribution >= 4 is 35.0 Å². The van der Waals surface area contributed by atoms with Gasteiger partial charge in [-0.3, -0.25) is 0 Å². The standard InChI is InChI=1S/C13H8Cl2F5NOS/c1-6-2-8(14)7(3-10(6)23-5-12(16,17)18)9-4-11(22-21-9)13(15,19)20/h2-4H,5H2,1H3. The highest BCUT2D eigenvalue weighted by Crippen LogP contribution is 2.39. The molecule has 2 aromatic rings. The SMILES string of the molecule is Cc1cc(Cl)c(-c2cc(C(F)(F)Cl)on2)cc1SCC(F)(F)F. The second-order valence-electron chi connectivity index (χ2n) is 4.58. The normalized spacial score (nSPS) is 12.7. The summed E-state index contributed by atoms with van der Waals surface area (Å²) in [6.07, 6.45) is -4.33. The van der Waals surface area contributed by atoms with Gasteiger partial charge in [0.2, 0.25) is 5.76 Å². The van der Waals surface area contributed by atoms with Crippen molar-refractivity contribution in [3.63, 3.8) is 0 Å². The highest BCUT2D eigenvalue weighted by molar-refractivity contribution is 7.99. The van der Waals surface area contributed by atoms with Crippen molar-refractivity contribution in [2.24, 2.45) is 0 Å². The lowest BCUT2D eigenvalue weighted by Crippen LogP contribution is -2.10. The quantitative estimate of drug-likeness (QED) is 0.350. The molecule has 0 amide bonds. The van der Waals surface area contributed by atoms with Crippen molar-refractivity contribution in [2.45, 2.75) is 23.4 Å². The lowest BCUT2D eigenvalue weighted by atomic mass is 10.1. The van der Waals surface area contributed by atoms with Crippen LogP contribution in [0, 0.1) is 6.92 Å². The van der Waals surface area contributed by atoms with Crippen LogP contribution in [0.5, 0.6) is 0 Å². The third-order valence-corrected chi connectivity index (χ3v) is 4.44. The van der Waals surface area contributed by atoms with Crippen molar-refractivity contribution in [1.29, 1.82) is 0 Å².